The van der Waals surface area contributed by atoms with Gasteiger partial charge < -0.3 is 15.0 Å². The van der Waals surface area contributed by atoms with Gasteiger partial charge in [0.05, 0.1) is 12.0 Å². The molecule has 0 saturated carbocycles. The number of halogens is 1. The predicted octanol–water partition coefficient (Wildman–Crippen LogP) is 3.26. The van der Waals surface area contributed by atoms with Crippen molar-refractivity contribution in [2.24, 2.45) is 0 Å². The smallest absolute Gasteiger partial charge is 0.305 e. The van der Waals surface area contributed by atoms with E-state index in [2.05, 4.69) is 20.9 Å². The Bertz CT molecular complexity index is 679. The molecule has 1 heterocycles. The van der Waals surface area contributed by atoms with E-state index in [1.165, 1.54) is 0 Å². The fraction of sp³-hybridized carbons (Fsp3) is 0.333. The van der Waals surface area contributed by atoms with Gasteiger partial charge in [-0.25, -0.2) is 0 Å². The summed E-state index contributed by atoms with van der Waals surface area (Å²) in [4.78, 5) is 28.1. The van der Waals surface area contributed by atoms with Gasteiger partial charge in [-0.2, -0.15) is 0 Å². The van der Waals surface area contributed by atoms with Crippen molar-refractivity contribution >= 4 is 38.7 Å². The second kappa shape index (κ2) is 6.30. The first-order valence-corrected chi connectivity index (χ1v) is 7.49. The maximum atomic E-state index is 12.7. The van der Waals surface area contributed by atoms with Crippen LogP contribution in [0.5, 0.6) is 0 Å². The number of hydrogen-bond acceptors (Lipinski definition) is 2. The number of amides is 1. The molecule has 1 aromatic heterocycles. The second-order valence-corrected chi connectivity index (χ2v) is 5.96. The number of benzene rings is 1. The van der Waals surface area contributed by atoms with Crippen LogP contribution in [-0.2, 0) is 4.79 Å². The molecular formula is C15H17BrN2O3. The van der Waals surface area contributed by atoms with Gasteiger partial charge in [0.2, 0.25) is 0 Å². The molecule has 2 N–H and O–H groups in total. The molecule has 0 spiro atoms. The predicted molar refractivity (Wildman–Crippen MR) is 84.4 cm³/mol. The largest absolute Gasteiger partial charge is 0.481 e. The fourth-order valence-corrected chi connectivity index (χ4v) is 2.85. The van der Waals surface area contributed by atoms with E-state index in [-0.39, 0.29) is 24.9 Å². The number of nitrogens with zero attached hydrogens (tertiary/aromatic N) is 1. The van der Waals surface area contributed by atoms with Crippen LogP contribution in [-0.4, -0.2) is 39.5 Å². The summed E-state index contributed by atoms with van der Waals surface area (Å²) in [5.41, 5.74) is 1.42. The SMILES string of the molecule is CC(C)N(CCC(=O)O)C(=O)c1c[nH]c2cccc(Br)c12. The average molecular weight is 353 g/mol. The lowest BCUT2D eigenvalue weighted by Crippen LogP contribution is -2.38. The number of nitrogens with one attached hydrogen (secondary N) is 1. The van der Waals surface area contributed by atoms with Crippen molar-refractivity contribution in [1.29, 1.82) is 0 Å². The van der Waals surface area contributed by atoms with Crippen LogP contribution in [0.25, 0.3) is 10.9 Å². The van der Waals surface area contributed by atoms with Crippen molar-refractivity contribution in [3.63, 3.8) is 0 Å². The van der Waals surface area contributed by atoms with E-state index in [0.717, 1.165) is 15.4 Å². The molecule has 1 aromatic carbocycles. The molecule has 2 rings (SSSR count). The summed E-state index contributed by atoms with van der Waals surface area (Å²) in [6.07, 6.45) is 1.61. The van der Waals surface area contributed by atoms with Crippen LogP contribution >= 0.6 is 15.9 Å². The van der Waals surface area contributed by atoms with Crippen LogP contribution in [0, 0.1) is 0 Å². The Morgan fingerprint density at radius 2 is 2.10 bits per heavy atom. The summed E-state index contributed by atoms with van der Waals surface area (Å²) < 4.78 is 0.839. The molecule has 0 aliphatic rings. The minimum Gasteiger partial charge on any atom is -0.481 e. The van der Waals surface area contributed by atoms with Gasteiger partial charge in [-0.15, -0.1) is 0 Å². The summed E-state index contributed by atoms with van der Waals surface area (Å²) in [5, 5.41) is 9.64. The van der Waals surface area contributed by atoms with Gasteiger partial charge in [-0.05, 0) is 26.0 Å². The van der Waals surface area contributed by atoms with Crippen molar-refractivity contribution < 1.29 is 14.7 Å². The van der Waals surface area contributed by atoms with E-state index >= 15 is 0 Å². The molecule has 112 valence electrons. The highest BCUT2D eigenvalue weighted by molar-refractivity contribution is 9.10. The van der Waals surface area contributed by atoms with Crippen LogP contribution < -0.4 is 0 Å². The van der Waals surface area contributed by atoms with Gasteiger partial charge in [0, 0.05) is 34.2 Å². The highest BCUT2D eigenvalue weighted by Crippen LogP contribution is 2.28. The third-order valence-electron chi connectivity index (χ3n) is 3.34. The van der Waals surface area contributed by atoms with E-state index in [0.29, 0.717) is 5.56 Å². The van der Waals surface area contributed by atoms with Crippen LogP contribution in [0.2, 0.25) is 0 Å². The molecule has 0 aliphatic heterocycles. The number of rotatable bonds is 5. The molecule has 0 aliphatic carbocycles. The number of aromatic amines is 1. The lowest BCUT2D eigenvalue weighted by Gasteiger charge is -2.26. The molecule has 1 amide bonds. The van der Waals surface area contributed by atoms with Crippen molar-refractivity contribution in [3.05, 3.63) is 34.4 Å². The molecule has 5 nitrogen and oxygen atoms in total. The number of carboxylic acids is 1. The normalized spacial score (nSPS) is 11.0. The Balaban J connectivity index is 2.37. The zero-order valence-electron chi connectivity index (χ0n) is 11.9. The highest BCUT2D eigenvalue weighted by atomic mass is 79.9. The first-order chi connectivity index (χ1) is 9.91. The maximum absolute atomic E-state index is 12.7. The monoisotopic (exact) mass is 352 g/mol. The molecule has 0 fully saturated rings. The lowest BCUT2D eigenvalue weighted by atomic mass is 10.1. The molecule has 0 saturated heterocycles. The van der Waals surface area contributed by atoms with Crippen LogP contribution in [0.15, 0.2) is 28.9 Å². The van der Waals surface area contributed by atoms with E-state index in [9.17, 15) is 9.59 Å². The van der Waals surface area contributed by atoms with E-state index in [1.54, 1.807) is 11.1 Å². The van der Waals surface area contributed by atoms with Gasteiger partial charge in [-0.3, -0.25) is 9.59 Å². The summed E-state index contributed by atoms with van der Waals surface area (Å²) in [5.74, 6) is -1.07. The van der Waals surface area contributed by atoms with Crippen molar-refractivity contribution in [3.8, 4) is 0 Å². The van der Waals surface area contributed by atoms with E-state index < -0.39 is 5.97 Å². The van der Waals surface area contributed by atoms with Crippen molar-refractivity contribution in [2.45, 2.75) is 26.3 Å². The lowest BCUT2D eigenvalue weighted by molar-refractivity contribution is -0.137. The van der Waals surface area contributed by atoms with E-state index in [4.69, 9.17) is 5.11 Å². The Hall–Kier alpha value is -1.82. The standard InChI is InChI=1S/C15H17BrN2O3/c1-9(2)18(7-6-13(19)20)15(21)10-8-17-12-5-3-4-11(16)14(10)12/h3-5,8-9,17H,6-7H2,1-2H3,(H,19,20). The number of hydrogen-bond donors (Lipinski definition) is 2. The Morgan fingerprint density at radius 3 is 2.71 bits per heavy atom. The fourth-order valence-electron chi connectivity index (χ4n) is 2.27. The van der Waals surface area contributed by atoms with Crippen LogP contribution in [0.3, 0.4) is 0 Å². The highest BCUT2D eigenvalue weighted by Gasteiger charge is 2.23. The number of carbonyl (C=O) groups is 2. The third kappa shape index (κ3) is 3.26. The molecule has 2 aromatic rings. The maximum Gasteiger partial charge on any atom is 0.305 e. The van der Waals surface area contributed by atoms with Gasteiger partial charge in [0.15, 0.2) is 0 Å². The van der Waals surface area contributed by atoms with E-state index in [1.807, 2.05) is 32.0 Å². The minimum absolute atomic E-state index is 0.0621. The Labute approximate surface area is 131 Å². The number of aliphatic carboxylic acids is 1. The molecule has 0 bridgehead atoms. The van der Waals surface area contributed by atoms with Gasteiger partial charge in [0.25, 0.3) is 5.91 Å². The van der Waals surface area contributed by atoms with Crippen LogP contribution in [0.1, 0.15) is 30.6 Å². The molecule has 0 unspecified atom stereocenters. The van der Waals surface area contributed by atoms with Crippen molar-refractivity contribution in [1.82, 2.24) is 9.88 Å². The Kier molecular flexibility index (Phi) is 4.67. The summed E-state index contributed by atoms with van der Waals surface area (Å²) >= 11 is 3.46. The zero-order chi connectivity index (χ0) is 15.6. The quantitative estimate of drug-likeness (QED) is 0.867. The number of carbonyl (C=O) groups excluding carboxylic acids is 1. The minimum atomic E-state index is -0.909. The van der Waals surface area contributed by atoms with Crippen molar-refractivity contribution in [2.75, 3.05) is 6.54 Å². The average Bonchev–Trinajstić information content (AvgIpc) is 2.83. The van der Waals surface area contributed by atoms with Gasteiger partial charge in [-0.1, -0.05) is 22.0 Å². The summed E-state index contributed by atoms with van der Waals surface area (Å²) in [7, 11) is 0. The first kappa shape index (κ1) is 15.6. The second-order valence-electron chi connectivity index (χ2n) is 5.10. The topological polar surface area (TPSA) is 73.4 Å². The molecule has 0 atom stereocenters. The first-order valence-electron chi connectivity index (χ1n) is 6.70. The van der Waals surface area contributed by atoms with Gasteiger partial charge >= 0.3 is 5.97 Å². The number of carboxylic acid groups (broad SMARTS) is 1. The Morgan fingerprint density at radius 1 is 1.38 bits per heavy atom. The van der Waals surface area contributed by atoms with Crippen LogP contribution in [0.4, 0.5) is 0 Å². The molecule has 21 heavy (non-hydrogen) atoms. The number of fused-ring (bicyclic) bond motifs is 1. The molecular weight excluding hydrogens is 336 g/mol. The molecule has 6 heteroatoms. The number of aromatic nitrogens is 1. The number of H-pyrrole nitrogens is 1. The summed E-state index contributed by atoms with van der Waals surface area (Å²) in [6, 6.07) is 5.60. The third-order valence-corrected chi connectivity index (χ3v) is 4.00. The molecule has 0 radical (unpaired) electrons. The van der Waals surface area contributed by atoms with Gasteiger partial charge in [0.1, 0.15) is 0 Å². The zero-order valence-corrected chi connectivity index (χ0v) is 13.5. The summed E-state index contributed by atoms with van der Waals surface area (Å²) in [6.45, 7) is 3.95.